The predicted octanol–water partition coefficient (Wildman–Crippen LogP) is 1.86. The molecule has 0 amide bonds. The molecule has 22 heavy (non-hydrogen) atoms. The van der Waals surface area contributed by atoms with Gasteiger partial charge in [-0.25, -0.2) is 9.59 Å². The normalized spacial score (nSPS) is 13.5. The van der Waals surface area contributed by atoms with Crippen LogP contribution >= 0.6 is 0 Å². The van der Waals surface area contributed by atoms with E-state index in [-0.39, 0.29) is 13.2 Å². The zero-order chi connectivity index (χ0) is 15.9. The first-order valence-electron chi connectivity index (χ1n) is 6.62. The summed E-state index contributed by atoms with van der Waals surface area (Å²) in [5.41, 5.74) is 13.0. The maximum Gasteiger partial charge on any atom is 0.338 e. The Hall–Kier alpha value is -3.02. The summed E-state index contributed by atoms with van der Waals surface area (Å²) in [6, 6.07) is 13.4. The van der Waals surface area contributed by atoms with Crippen LogP contribution in [-0.4, -0.2) is 25.2 Å². The third-order valence-electron chi connectivity index (χ3n) is 2.90. The van der Waals surface area contributed by atoms with Gasteiger partial charge in [-0.3, -0.25) is 0 Å². The number of nitrogen functional groups attached to an aromatic ring is 2. The van der Waals surface area contributed by atoms with Crippen molar-refractivity contribution in [2.24, 2.45) is 0 Å². The molecule has 2 aliphatic heterocycles. The molecule has 2 aromatic carbocycles. The summed E-state index contributed by atoms with van der Waals surface area (Å²) in [5, 5.41) is 0. The molecule has 0 fully saturated rings. The molecule has 6 heteroatoms. The minimum atomic E-state index is -0.394. The van der Waals surface area contributed by atoms with Crippen molar-refractivity contribution in [3.05, 3.63) is 59.7 Å². The van der Waals surface area contributed by atoms with Gasteiger partial charge in [0.05, 0.1) is 22.5 Å². The molecule has 2 bridgehead atoms. The SMILES string of the molecule is Nc1ccccc1N.O=C1OCCOC(=O)c2ccc1cc2. The number of hydrogen-bond donors (Lipinski definition) is 2. The first-order valence-corrected chi connectivity index (χ1v) is 6.62. The second-order valence-corrected chi connectivity index (χ2v) is 4.48. The van der Waals surface area contributed by atoms with E-state index < -0.39 is 11.9 Å². The van der Waals surface area contributed by atoms with Crippen LogP contribution in [-0.2, 0) is 9.47 Å². The first-order chi connectivity index (χ1) is 10.6. The van der Waals surface area contributed by atoms with Gasteiger partial charge in [0, 0.05) is 0 Å². The highest BCUT2D eigenvalue weighted by atomic mass is 16.6. The maximum atomic E-state index is 11.3. The third kappa shape index (κ3) is 3.99. The van der Waals surface area contributed by atoms with E-state index in [1.54, 1.807) is 36.4 Å². The molecule has 4 N–H and O–H groups in total. The molecule has 2 aliphatic rings. The number of carbonyl (C=O) groups is 2. The van der Waals surface area contributed by atoms with E-state index in [0.29, 0.717) is 22.5 Å². The summed E-state index contributed by atoms with van der Waals surface area (Å²) in [6.07, 6.45) is 0. The smallest absolute Gasteiger partial charge is 0.338 e. The summed E-state index contributed by atoms with van der Waals surface area (Å²) in [6.45, 7) is 0.200. The molecule has 6 nitrogen and oxygen atoms in total. The fraction of sp³-hybridized carbons (Fsp3) is 0.125. The van der Waals surface area contributed by atoms with E-state index in [1.807, 2.05) is 12.1 Å². The number of nitrogens with two attached hydrogens (primary N) is 2. The Morgan fingerprint density at radius 3 is 1.36 bits per heavy atom. The van der Waals surface area contributed by atoms with Gasteiger partial charge in [0.25, 0.3) is 0 Å². The van der Waals surface area contributed by atoms with E-state index in [4.69, 9.17) is 20.9 Å². The lowest BCUT2D eigenvalue weighted by atomic mass is 10.1. The molecular weight excluding hydrogens is 284 g/mol. The van der Waals surface area contributed by atoms with Crippen molar-refractivity contribution in [1.82, 2.24) is 0 Å². The number of hydrogen-bond acceptors (Lipinski definition) is 6. The van der Waals surface area contributed by atoms with Gasteiger partial charge < -0.3 is 20.9 Å². The Morgan fingerprint density at radius 2 is 1.05 bits per heavy atom. The van der Waals surface area contributed by atoms with Crippen LogP contribution in [0.4, 0.5) is 11.4 Å². The molecule has 2 aromatic rings. The molecule has 0 atom stereocenters. The van der Waals surface area contributed by atoms with Crippen LogP contribution in [0.25, 0.3) is 0 Å². The zero-order valence-electron chi connectivity index (χ0n) is 11.8. The average Bonchev–Trinajstić information content (AvgIpc) is 2.54. The quantitative estimate of drug-likeness (QED) is 0.568. The van der Waals surface area contributed by atoms with Gasteiger partial charge in [-0.15, -0.1) is 0 Å². The van der Waals surface area contributed by atoms with E-state index in [0.717, 1.165) is 0 Å². The number of esters is 2. The molecular formula is C16H16N2O4. The Morgan fingerprint density at radius 1 is 0.682 bits per heavy atom. The lowest BCUT2D eigenvalue weighted by Crippen LogP contribution is -2.16. The molecule has 0 aliphatic carbocycles. The molecule has 0 aromatic heterocycles. The van der Waals surface area contributed by atoms with Crippen LogP contribution < -0.4 is 11.5 Å². The van der Waals surface area contributed by atoms with Crippen molar-refractivity contribution in [1.29, 1.82) is 0 Å². The summed E-state index contributed by atoms with van der Waals surface area (Å²) in [4.78, 5) is 22.5. The van der Waals surface area contributed by atoms with E-state index in [2.05, 4.69) is 0 Å². The van der Waals surface area contributed by atoms with Gasteiger partial charge in [0.2, 0.25) is 0 Å². The van der Waals surface area contributed by atoms with Crippen molar-refractivity contribution in [2.75, 3.05) is 24.7 Å². The molecule has 0 saturated heterocycles. The molecule has 0 unspecified atom stereocenters. The molecule has 0 radical (unpaired) electrons. The maximum absolute atomic E-state index is 11.3. The first kappa shape index (κ1) is 15.4. The third-order valence-corrected chi connectivity index (χ3v) is 2.90. The van der Waals surface area contributed by atoms with Gasteiger partial charge in [-0.05, 0) is 36.4 Å². The molecule has 2 heterocycles. The number of benzene rings is 2. The van der Waals surface area contributed by atoms with Crippen molar-refractivity contribution in [3.63, 3.8) is 0 Å². The van der Waals surface area contributed by atoms with E-state index in [9.17, 15) is 9.59 Å². The zero-order valence-corrected chi connectivity index (χ0v) is 11.8. The Balaban J connectivity index is 0.000000188. The number of ether oxygens (including phenoxy) is 2. The molecule has 0 spiro atoms. The minimum absolute atomic E-state index is 0.100. The summed E-state index contributed by atoms with van der Waals surface area (Å²) < 4.78 is 9.66. The molecule has 4 rings (SSSR count). The van der Waals surface area contributed by atoms with Crippen molar-refractivity contribution >= 4 is 23.3 Å². The molecule has 0 saturated carbocycles. The van der Waals surface area contributed by atoms with Gasteiger partial charge in [-0.1, -0.05) is 12.1 Å². The number of rotatable bonds is 0. The van der Waals surface area contributed by atoms with Crippen LogP contribution in [0.2, 0.25) is 0 Å². The van der Waals surface area contributed by atoms with E-state index in [1.165, 1.54) is 0 Å². The standard InChI is InChI=1S/C10H8O4.C6H8N2/c11-9-7-1-2-8(4-3-7)10(12)14-6-5-13-9;7-5-3-1-2-4-6(5)8/h1-4H,5-6H2;1-4H,7-8H2. The Bertz CT molecular complexity index is 610. The Kier molecular flexibility index (Phi) is 4.98. The predicted molar refractivity (Wildman–Crippen MR) is 82.3 cm³/mol. The number of fused-ring (bicyclic) bond motifs is 7. The lowest BCUT2D eigenvalue weighted by molar-refractivity contribution is 0.0260. The second-order valence-electron chi connectivity index (χ2n) is 4.48. The van der Waals surface area contributed by atoms with E-state index >= 15 is 0 Å². The number of carbonyl (C=O) groups excluding carboxylic acids is 2. The average molecular weight is 300 g/mol. The highest BCUT2D eigenvalue weighted by Crippen LogP contribution is 2.10. The monoisotopic (exact) mass is 300 g/mol. The van der Waals surface area contributed by atoms with Gasteiger partial charge >= 0.3 is 11.9 Å². The van der Waals surface area contributed by atoms with Crippen LogP contribution in [0.1, 0.15) is 20.7 Å². The Labute approximate surface area is 127 Å². The van der Waals surface area contributed by atoms with Crippen LogP contribution in [0.3, 0.4) is 0 Å². The molecule has 114 valence electrons. The highest BCUT2D eigenvalue weighted by molar-refractivity contribution is 5.93. The summed E-state index contributed by atoms with van der Waals surface area (Å²) >= 11 is 0. The van der Waals surface area contributed by atoms with Gasteiger partial charge in [0.1, 0.15) is 13.2 Å². The lowest BCUT2D eigenvalue weighted by Gasteiger charge is -2.09. The van der Waals surface area contributed by atoms with Gasteiger partial charge in [0.15, 0.2) is 0 Å². The van der Waals surface area contributed by atoms with Crippen molar-refractivity contribution < 1.29 is 19.1 Å². The van der Waals surface area contributed by atoms with Crippen LogP contribution in [0.15, 0.2) is 48.5 Å². The number of anilines is 2. The fourth-order valence-corrected chi connectivity index (χ4v) is 1.69. The second kappa shape index (κ2) is 7.12. The largest absolute Gasteiger partial charge is 0.458 e. The summed E-state index contributed by atoms with van der Waals surface area (Å²) in [5.74, 6) is -0.788. The summed E-state index contributed by atoms with van der Waals surface area (Å²) in [7, 11) is 0. The highest BCUT2D eigenvalue weighted by Gasteiger charge is 2.13. The van der Waals surface area contributed by atoms with Crippen molar-refractivity contribution in [3.8, 4) is 0 Å². The van der Waals surface area contributed by atoms with Crippen LogP contribution in [0, 0.1) is 0 Å². The van der Waals surface area contributed by atoms with Crippen LogP contribution in [0.5, 0.6) is 0 Å². The van der Waals surface area contributed by atoms with Gasteiger partial charge in [-0.2, -0.15) is 0 Å². The number of para-hydroxylation sites is 2. The van der Waals surface area contributed by atoms with Crippen molar-refractivity contribution in [2.45, 2.75) is 0 Å². The minimum Gasteiger partial charge on any atom is -0.458 e. The fourth-order valence-electron chi connectivity index (χ4n) is 1.69. The topological polar surface area (TPSA) is 105 Å².